The number of ether oxygens (including phenoxy) is 2. The summed E-state index contributed by atoms with van der Waals surface area (Å²) in [5.74, 6) is 1.00. The third-order valence-corrected chi connectivity index (χ3v) is 9.50. The molecule has 4 rings (SSSR count). The molecule has 1 N–H and O–H groups in total. The van der Waals surface area contributed by atoms with Gasteiger partial charge in [-0.25, -0.2) is 8.42 Å². The van der Waals surface area contributed by atoms with Gasteiger partial charge in [0.25, 0.3) is 0 Å². The van der Waals surface area contributed by atoms with Crippen LogP contribution in [0.3, 0.4) is 0 Å². The highest BCUT2D eigenvalue weighted by atomic mass is 32.2. The van der Waals surface area contributed by atoms with Crippen LogP contribution in [0.5, 0.6) is 5.75 Å². The third-order valence-electron chi connectivity index (χ3n) is 7.48. The third kappa shape index (κ3) is 5.68. The molecule has 0 bridgehead atoms. The van der Waals surface area contributed by atoms with Crippen molar-refractivity contribution in [3.63, 3.8) is 0 Å². The van der Waals surface area contributed by atoms with Crippen molar-refractivity contribution in [2.24, 2.45) is 11.8 Å². The Labute approximate surface area is 204 Å². The summed E-state index contributed by atoms with van der Waals surface area (Å²) in [5, 5.41) is 9.83. The van der Waals surface area contributed by atoms with E-state index in [2.05, 4.69) is 18.0 Å². The van der Waals surface area contributed by atoms with Gasteiger partial charge in [-0.15, -0.1) is 0 Å². The Kier molecular flexibility index (Phi) is 8.36. The smallest absolute Gasteiger partial charge is 0.247 e. The number of benzene rings is 1. The van der Waals surface area contributed by atoms with Crippen molar-refractivity contribution >= 4 is 15.6 Å². The van der Waals surface area contributed by atoms with Crippen LogP contribution in [0.15, 0.2) is 29.2 Å². The van der Waals surface area contributed by atoms with E-state index in [-0.39, 0.29) is 23.5 Å². The molecular weight excluding hydrogens is 452 g/mol. The number of nitrogens with zero attached hydrogens (tertiary/aromatic N) is 2. The van der Waals surface area contributed by atoms with Gasteiger partial charge in [0, 0.05) is 44.8 Å². The number of sulfonamides is 1. The lowest BCUT2D eigenvalue weighted by atomic mass is 9.98. The molecular formula is C26H40N2O5S. The molecule has 190 valence electrons. The predicted molar refractivity (Wildman–Crippen MR) is 133 cm³/mol. The maximum absolute atomic E-state index is 13.6. The normalized spacial score (nSPS) is 26.9. The molecule has 7 nitrogen and oxygen atoms in total. The number of fused-ring (bicyclic) bond motifs is 1. The van der Waals surface area contributed by atoms with Crippen LogP contribution >= 0.6 is 0 Å². The molecule has 1 saturated heterocycles. The van der Waals surface area contributed by atoms with Crippen molar-refractivity contribution < 1.29 is 23.0 Å². The highest BCUT2D eigenvalue weighted by Crippen LogP contribution is 2.37. The van der Waals surface area contributed by atoms with Gasteiger partial charge in [-0.05, 0) is 75.3 Å². The molecule has 1 aliphatic carbocycles. The molecule has 0 saturated carbocycles. The van der Waals surface area contributed by atoms with Gasteiger partial charge < -0.3 is 19.5 Å². The fourth-order valence-corrected chi connectivity index (χ4v) is 7.15. The maximum atomic E-state index is 13.6. The summed E-state index contributed by atoms with van der Waals surface area (Å²) < 4.78 is 40.8. The first-order valence-corrected chi connectivity index (χ1v) is 14.1. The molecule has 34 heavy (non-hydrogen) atoms. The number of likely N-dealkylation sites (N-methyl/N-ethyl adjacent to an activating group) is 1. The first-order chi connectivity index (χ1) is 16.3. The maximum Gasteiger partial charge on any atom is 0.247 e. The molecule has 2 heterocycles. The van der Waals surface area contributed by atoms with E-state index in [4.69, 9.17) is 9.47 Å². The average molecular weight is 493 g/mol. The zero-order valence-electron chi connectivity index (χ0n) is 20.8. The Bertz CT molecular complexity index is 973. The van der Waals surface area contributed by atoms with E-state index < -0.39 is 16.1 Å². The fraction of sp³-hybridized carbons (Fsp3) is 0.692. The molecule has 1 aromatic rings. The fourth-order valence-electron chi connectivity index (χ4n) is 5.33. The summed E-state index contributed by atoms with van der Waals surface area (Å²) in [6, 6.07) is 5.00. The Morgan fingerprint density at radius 2 is 2.00 bits per heavy atom. The number of hydrogen-bond donors (Lipinski definition) is 1. The molecule has 8 heteroatoms. The summed E-state index contributed by atoms with van der Waals surface area (Å²) in [4.78, 5) is 2.51. The first-order valence-electron chi connectivity index (χ1n) is 12.7. The number of hydrogen-bond acceptors (Lipinski definition) is 6. The van der Waals surface area contributed by atoms with Crippen LogP contribution in [-0.2, 0) is 14.8 Å². The van der Waals surface area contributed by atoms with Gasteiger partial charge >= 0.3 is 0 Å². The topological polar surface area (TPSA) is 79.3 Å². The minimum Gasteiger partial charge on any atom is -0.487 e. The lowest BCUT2D eigenvalue weighted by molar-refractivity contribution is 0.0402. The van der Waals surface area contributed by atoms with Gasteiger partial charge in [-0.3, -0.25) is 0 Å². The van der Waals surface area contributed by atoms with E-state index in [9.17, 15) is 13.5 Å². The zero-order valence-corrected chi connectivity index (χ0v) is 21.6. The number of aliphatic hydroxyl groups excluding tert-OH is 1. The first kappa shape index (κ1) is 25.6. The van der Waals surface area contributed by atoms with Crippen molar-refractivity contribution in [2.45, 2.75) is 63.0 Å². The van der Waals surface area contributed by atoms with Crippen LogP contribution < -0.4 is 4.74 Å². The van der Waals surface area contributed by atoms with Gasteiger partial charge in [0.2, 0.25) is 10.0 Å². The van der Waals surface area contributed by atoms with E-state index in [1.54, 1.807) is 13.0 Å². The monoisotopic (exact) mass is 492 g/mol. The predicted octanol–water partition coefficient (Wildman–Crippen LogP) is 3.38. The van der Waals surface area contributed by atoms with Crippen LogP contribution in [0.2, 0.25) is 0 Å². The Morgan fingerprint density at radius 1 is 1.24 bits per heavy atom. The van der Waals surface area contributed by atoms with Crippen molar-refractivity contribution in [1.82, 2.24) is 9.21 Å². The van der Waals surface area contributed by atoms with E-state index in [1.165, 1.54) is 9.88 Å². The van der Waals surface area contributed by atoms with Crippen LogP contribution in [0.4, 0.5) is 0 Å². The molecule has 0 amide bonds. The number of allylic oxidation sites excluding steroid dienone is 2. The lowest BCUT2D eigenvalue weighted by Gasteiger charge is -2.38. The average Bonchev–Trinajstić information content (AvgIpc) is 3.36. The Balaban J connectivity index is 1.64. The number of aliphatic hydroxyl groups is 1. The van der Waals surface area contributed by atoms with Crippen LogP contribution in [0.1, 0.15) is 51.5 Å². The largest absolute Gasteiger partial charge is 0.487 e. The molecule has 0 aromatic heterocycles. The van der Waals surface area contributed by atoms with Gasteiger partial charge in [0.15, 0.2) is 0 Å². The second-order valence-electron chi connectivity index (χ2n) is 10.3. The Hall–Kier alpha value is -1.45. The summed E-state index contributed by atoms with van der Waals surface area (Å²) >= 11 is 0. The van der Waals surface area contributed by atoms with Crippen LogP contribution in [-0.4, -0.2) is 81.4 Å². The van der Waals surface area contributed by atoms with E-state index in [1.807, 2.05) is 19.1 Å². The Morgan fingerprint density at radius 3 is 2.68 bits per heavy atom. The van der Waals surface area contributed by atoms with Gasteiger partial charge in [-0.1, -0.05) is 19.1 Å². The van der Waals surface area contributed by atoms with Crippen molar-refractivity contribution in [3.8, 4) is 5.75 Å². The molecule has 0 unspecified atom stereocenters. The second kappa shape index (κ2) is 11.1. The zero-order chi connectivity index (χ0) is 24.3. The molecule has 2 aliphatic heterocycles. The molecule has 0 radical (unpaired) electrons. The highest BCUT2D eigenvalue weighted by Gasteiger charge is 2.38. The van der Waals surface area contributed by atoms with Gasteiger partial charge in [0.05, 0.1) is 6.61 Å². The van der Waals surface area contributed by atoms with Gasteiger partial charge in [0.1, 0.15) is 16.7 Å². The molecule has 3 aliphatic rings. The molecule has 1 fully saturated rings. The van der Waals surface area contributed by atoms with E-state index in [0.717, 1.165) is 57.4 Å². The van der Waals surface area contributed by atoms with Gasteiger partial charge in [-0.2, -0.15) is 4.31 Å². The summed E-state index contributed by atoms with van der Waals surface area (Å²) in [6.45, 7) is 7.24. The van der Waals surface area contributed by atoms with Crippen molar-refractivity contribution in [3.05, 3.63) is 29.8 Å². The van der Waals surface area contributed by atoms with E-state index in [0.29, 0.717) is 24.8 Å². The number of rotatable bonds is 7. The minimum atomic E-state index is -3.80. The van der Waals surface area contributed by atoms with E-state index >= 15 is 0 Å². The summed E-state index contributed by atoms with van der Waals surface area (Å²) in [6.07, 6.45) is 7.42. The minimum absolute atomic E-state index is 0.0385. The SMILES string of the molecule is C[C@@H]1CN([C@H](C)CO)S(=O)(=O)c2ccc(C3=CCCC3)cc2O[C@@H]1CN(C)CC1CCOCC1. The molecule has 1 aromatic carbocycles. The van der Waals surface area contributed by atoms with Crippen LogP contribution in [0, 0.1) is 11.8 Å². The van der Waals surface area contributed by atoms with Crippen LogP contribution in [0.25, 0.3) is 5.57 Å². The molecule has 0 spiro atoms. The highest BCUT2D eigenvalue weighted by molar-refractivity contribution is 7.89. The summed E-state index contributed by atoms with van der Waals surface area (Å²) in [5.41, 5.74) is 2.29. The second-order valence-corrected chi connectivity index (χ2v) is 12.2. The van der Waals surface area contributed by atoms with Crippen molar-refractivity contribution in [1.29, 1.82) is 0 Å². The standard InChI is InChI=1S/C26H40N2O5S/c1-19-15-28(20(2)18-29)34(30,31)26-9-8-23(22-6-4-5-7-22)14-24(26)33-25(19)17-27(3)16-21-10-12-32-13-11-21/h6,8-9,14,19-21,25,29H,4-5,7,10-13,15-18H2,1-3H3/t19-,20-,25-/m1/s1. The quantitative estimate of drug-likeness (QED) is 0.629. The van der Waals surface area contributed by atoms with Crippen molar-refractivity contribution in [2.75, 3.05) is 46.5 Å². The molecule has 3 atom stereocenters. The summed E-state index contributed by atoms with van der Waals surface area (Å²) in [7, 11) is -1.68. The lowest BCUT2D eigenvalue weighted by Crippen LogP contribution is -2.50.